The number of carbonyl (C=O) groups excluding carboxylic acids is 1. The Morgan fingerprint density at radius 2 is 1.87 bits per heavy atom. The summed E-state index contributed by atoms with van der Waals surface area (Å²) in [5.74, 6) is -0.479. The number of benzene rings is 2. The second-order valence-corrected chi connectivity index (χ2v) is 10.9. The first-order chi connectivity index (χ1) is 14.2. The van der Waals surface area contributed by atoms with Gasteiger partial charge in [-0.05, 0) is 44.0 Å². The number of hydrogen-bond acceptors (Lipinski definition) is 4. The number of aryl methyl sites for hydroxylation is 2. The first kappa shape index (κ1) is 21.5. The molecule has 0 bridgehead atoms. The molecule has 0 N–H and O–H groups in total. The molecule has 10 heteroatoms. The number of fused-ring (bicyclic) bond motifs is 1. The zero-order chi connectivity index (χ0) is 21.6. The maximum atomic E-state index is 13.1. The van der Waals surface area contributed by atoms with E-state index in [0.717, 1.165) is 10.3 Å². The topological polar surface area (TPSA) is 71.7 Å². The van der Waals surface area contributed by atoms with Crippen molar-refractivity contribution >= 4 is 60.7 Å². The van der Waals surface area contributed by atoms with Crippen LogP contribution in [-0.2, 0) is 21.9 Å². The lowest BCUT2D eigenvalue weighted by Gasteiger charge is -2.21. The molecule has 0 spiro atoms. The summed E-state index contributed by atoms with van der Waals surface area (Å²) in [6, 6.07) is 9.33. The monoisotopic (exact) mass is 483 g/mol. The molecule has 4 rings (SSSR count). The van der Waals surface area contributed by atoms with Gasteiger partial charge in [0.1, 0.15) is 6.04 Å². The number of rotatable bonds is 3. The number of halogens is 2. The van der Waals surface area contributed by atoms with Gasteiger partial charge >= 0.3 is 0 Å². The van der Waals surface area contributed by atoms with Gasteiger partial charge in [-0.2, -0.15) is 9.30 Å². The number of carbonyl (C=O) groups is 1. The SMILES string of the molecule is Cc1ccc(S(=O)(=O)N2CCCC2C(=O)N=c2sc3ccc(Cl)c(Cl)c3n2C)cc1. The maximum absolute atomic E-state index is 13.1. The first-order valence-electron chi connectivity index (χ1n) is 9.31. The molecule has 1 saturated heterocycles. The fourth-order valence-electron chi connectivity index (χ4n) is 3.57. The van der Waals surface area contributed by atoms with Crippen LogP contribution in [0.4, 0.5) is 0 Å². The van der Waals surface area contributed by atoms with Crippen LogP contribution >= 0.6 is 34.5 Å². The molecule has 158 valence electrons. The third-order valence-electron chi connectivity index (χ3n) is 5.18. The smallest absolute Gasteiger partial charge is 0.266 e. The Balaban J connectivity index is 1.71. The van der Waals surface area contributed by atoms with Crippen LogP contribution in [0, 0.1) is 6.92 Å². The Morgan fingerprint density at radius 3 is 2.57 bits per heavy atom. The van der Waals surface area contributed by atoms with Crippen molar-refractivity contribution in [2.75, 3.05) is 6.54 Å². The van der Waals surface area contributed by atoms with E-state index in [1.165, 1.54) is 15.6 Å². The van der Waals surface area contributed by atoms with Gasteiger partial charge in [-0.15, -0.1) is 0 Å². The summed E-state index contributed by atoms with van der Waals surface area (Å²) in [6.07, 6.45) is 1.05. The zero-order valence-corrected chi connectivity index (χ0v) is 19.4. The van der Waals surface area contributed by atoms with E-state index in [-0.39, 0.29) is 4.90 Å². The maximum Gasteiger partial charge on any atom is 0.266 e. The summed E-state index contributed by atoms with van der Waals surface area (Å²) in [7, 11) is -2.03. The van der Waals surface area contributed by atoms with Gasteiger partial charge in [-0.25, -0.2) is 8.42 Å². The lowest BCUT2D eigenvalue weighted by molar-refractivity contribution is -0.121. The third-order valence-corrected chi connectivity index (χ3v) is 8.99. The van der Waals surface area contributed by atoms with E-state index in [1.54, 1.807) is 41.9 Å². The predicted octanol–water partition coefficient (Wildman–Crippen LogP) is 4.14. The highest BCUT2D eigenvalue weighted by Crippen LogP contribution is 2.32. The summed E-state index contributed by atoms with van der Waals surface area (Å²) >= 11 is 13.7. The second kappa shape index (κ2) is 8.09. The second-order valence-electron chi connectivity index (χ2n) is 7.19. The Bertz CT molecular complexity index is 1310. The van der Waals surface area contributed by atoms with Gasteiger partial charge in [-0.3, -0.25) is 4.79 Å². The molecule has 1 aromatic heterocycles. The van der Waals surface area contributed by atoms with E-state index < -0.39 is 22.0 Å². The van der Waals surface area contributed by atoms with Crippen LogP contribution in [0.3, 0.4) is 0 Å². The van der Waals surface area contributed by atoms with Crippen molar-refractivity contribution in [2.45, 2.75) is 30.7 Å². The number of hydrogen-bond donors (Lipinski definition) is 0. The minimum atomic E-state index is -3.78. The van der Waals surface area contributed by atoms with E-state index in [1.807, 2.05) is 13.0 Å². The molecule has 2 heterocycles. The number of aromatic nitrogens is 1. The summed E-state index contributed by atoms with van der Waals surface area (Å²) < 4.78 is 30.0. The van der Waals surface area contributed by atoms with Crippen molar-refractivity contribution in [2.24, 2.45) is 12.0 Å². The number of sulfonamides is 1. The van der Waals surface area contributed by atoms with Crippen LogP contribution in [0.2, 0.25) is 10.0 Å². The molecule has 6 nitrogen and oxygen atoms in total. The van der Waals surface area contributed by atoms with Crippen molar-refractivity contribution in [3.05, 3.63) is 56.8 Å². The van der Waals surface area contributed by atoms with Crippen LogP contribution in [-0.4, -0.2) is 35.8 Å². The molecule has 2 aromatic carbocycles. The van der Waals surface area contributed by atoms with E-state index >= 15 is 0 Å². The Hall–Kier alpha value is -1.71. The summed E-state index contributed by atoms with van der Waals surface area (Å²) in [4.78, 5) is 17.9. The Morgan fingerprint density at radius 1 is 1.17 bits per heavy atom. The fourth-order valence-corrected chi connectivity index (χ4v) is 6.75. The van der Waals surface area contributed by atoms with Crippen molar-refractivity contribution < 1.29 is 13.2 Å². The average molecular weight is 484 g/mol. The van der Waals surface area contributed by atoms with E-state index in [2.05, 4.69) is 4.99 Å². The molecule has 3 aromatic rings. The van der Waals surface area contributed by atoms with Crippen molar-refractivity contribution in [1.29, 1.82) is 0 Å². The molecule has 30 heavy (non-hydrogen) atoms. The van der Waals surface area contributed by atoms with Gasteiger partial charge in [0.15, 0.2) is 4.80 Å². The zero-order valence-electron chi connectivity index (χ0n) is 16.3. The van der Waals surface area contributed by atoms with Gasteiger partial charge in [0.2, 0.25) is 10.0 Å². The van der Waals surface area contributed by atoms with Gasteiger partial charge in [0.05, 0.1) is 25.2 Å². The first-order valence-corrected chi connectivity index (χ1v) is 12.3. The quantitative estimate of drug-likeness (QED) is 0.561. The van der Waals surface area contributed by atoms with Crippen LogP contribution in [0.5, 0.6) is 0 Å². The highest BCUT2D eigenvalue weighted by atomic mass is 35.5. The largest absolute Gasteiger partial charge is 0.318 e. The predicted molar refractivity (Wildman–Crippen MR) is 119 cm³/mol. The van der Waals surface area contributed by atoms with Crippen molar-refractivity contribution in [3.63, 3.8) is 0 Å². The minimum Gasteiger partial charge on any atom is -0.318 e. The highest BCUT2D eigenvalue weighted by Gasteiger charge is 2.39. The van der Waals surface area contributed by atoms with E-state index in [4.69, 9.17) is 23.2 Å². The van der Waals surface area contributed by atoms with Gasteiger partial charge in [0.25, 0.3) is 5.91 Å². The molecule has 1 amide bonds. The van der Waals surface area contributed by atoms with Crippen molar-refractivity contribution in [1.82, 2.24) is 8.87 Å². The Kier molecular flexibility index (Phi) is 5.80. The third kappa shape index (κ3) is 3.71. The lowest BCUT2D eigenvalue weighted by Crippen LogP contribution is -2.40. The molecule has 0 radical (unpaired) electrons. The summed E-state index contributed by atoms with van der Waals surface area (Å²) in [5, 5.41) is 0.813. The van der Waals surface area contributed by atoms with Gasteiger partial charge in [0, 0.05) is 13.6 Å². The molecule has 1 aliphatic heterocycles. The van der Waals surface area contributed by atoms with Crippen LogP contribution in [0.25, 0.3) is 10.2 Å². The Labute approximate surface area is 188 Å². The molecular formula is C20H19Cl2N3O3S2. The van der Waals surface area contributed by atoms with Crippen LogP contribution in [0.15, 0.2) is 46.3 Å². The van der Waals surface area contributed by atoms with Crippen LogP contribution < -0.4 is 4.80 Å². The molecular weight excluding hydrogens is 465 g/mol. The average Bonchev–Trinajstić information content (AvgIpc) is 3.32. The van der Waals surface area contributed by atoms with E-state index in [9.17, 15) is 13.2 Å². The lowest BCUT2D eigenvalue weighted by atomic mass is 10.2. The standard InChI is InChI=1S/C20H19Cl2N3O3S2/c1-12-5-7-13(8-6-12)30(27,28)25-11-3-4-15(25)19(26)23-20-24(2)18-16(29-20)10-9-14(21)17(18)22/h5-10,15H,3-4,11H2,1-2H3. The normalized spacial score (nSPS) is 18.4. The number of amides is 1. The number of nitrogens with zero attached hydrogens (tertiary/aromatic N) is 3. The molecule has 1 unspecified atom stereocenters. The minimum absolute atomic E-state index is 0.182. The highest BCUT2D eigenvalue weighted by molar-refractivity contribution is 7.89. The molecule has 0 saturated carbocycles. The molecule has 1 fully saturated rings. The number of thiazole rings is 1. The molecule has 0 aliphatic carbocycles. The summed E-state index contributed by atoms with van der Waals surface area (Å²) in [5.41, 5.74) is 1.66. The molecule has 1 atom stereocenters. The van der Waals surface area contributed by atoms with E-state index in [0.29, 0.717) is 39.7 Å². The van der Waals surface area contributed by atoms with Crippen LogP contribution in [0.1, 0.15) is 18.4 Å². The molecule has 1 aliphatic rings. The van der Waals surface area contributed by atoms with Crippen molar-refractivity contribution in [3.8, 4) is 0 Å². The summed E-state index contributed by atoms with van der Waals surface area (Å²) in [6.45, 7) is 2.18. The van der Waals surface area contributed by atoms with Gasteiger partial charge < -0.3 is 4.57 Å². The van der Waals surface area contributed by atoms with Gasteiger partial charge in [-0.1, -0.05) is 52.2 Å². The fraction of sp³-hybridized carbons (Fsp3) is 0.300.